The molecule has 9 heteroatoms. The van der Waals surface area contributed by atoms with Crippen LogP contribution in [0.25, 0.3) is 0 Å². The average Bonchev–Trinajstić information content (AvgIpc) is 3.23. The zero-order valence-electron chi connectivity index (χ0n) is 22.6. The molecule has 2 heterocycles. The molecular weight excluding hydrogens is 514 g/mol. The molecule has 208 valence electrons. The third kappa shape index (κ3) is 6.48. The molecule has 5 rings (SSSR count). The molecule has 2 aromatic carbocycles. The summed E-state index contributed by atoms with van der Waals surface area (Å²) in [5, 5.41) is 2.78. The number of rotatable bonds is 7. The van der Waals surface area contributed by atoms with Gasteiger partial charge in [-0.25, -0.2) is 8.78 Å². The molecule has 1 saturated heterocycles. The van der Waals surface area contributed by atoms with E-state index >= 15 is 8.78 Å². The Bertz CT molecular complexity index is 1430. The first kappa shape index (κ1) is 27.7. The summed E-state index contributed by atoms with van der Waals surface area (Å²) in [5.74, 6) is 3.33. The second kappa shape index (κ2) is 12.1. The van der Waals surface area contributed by atoms with Crippen molar-refractivity contribution in [1.82, 2.24) is 14.8 Å². The lowest BCUT2D eigenvalue weighted by atomic mass is 10.0. The molecular formula is C31H32F2N4O3. The molecule has 1 amide bonds. The summed E-state index contributed by atoms with van der Waals surface area (Å²) in [7, 11) is 3.65. The number of ether oxygens (including phenoxy) is 2. The van der Waals surface area contributed by atoms with Crippen LogP contribution in [0.2, 0.25) is 0 Å². The highest BCUT2D eigenvalue weighted by Gasteiger charge is 2.47. The molecule has 0 saturated carbocycles. The number of piperazine rings is 1. The number of halogens is 2. The number of carbonyl (C=O) groups is 1. The SMILES string of the molecule is COCCOc1cncc(C#Cc2cccc(C(=O)Nc3ccc4c(c3)C(F)(F)CC4N3CCN(C)CC3)c2)c1. The van der Waals surface area contributed by atoms with Gasteiger partial charge in [-0.15, -0.1) is 0 Å². The fraction of sp³-hybridized carbons (Fsp3) is 0.355. The van der Waals surface area contributed by atoms with Crippen molar-refractivity contribution in [3.05, 3.63) is 88.7 Å². The molecule has 1 aliphatic heterocycles. The van der Waals surface area contributed by atoms with E-state index in [1.807, 2.05) is 7.05 Å². The monoisotopic (exact) mass is 546 g/mol. The Morgan fingerprint density at radius 1 is 1.05 bits per heavy atom. The zero-order chi connectivity index (χ0) is 28.1. The number of hydrogen-bond donors (Lipinski definition) is 1. The Hall–Kier alpha value is -3.84. The third-order valence-electron chi connectivity index (χ3n) is 7.24. The second-order valence-corrected chi connectivity index (χ2v) is 10.1. The summed E-state index contributed by atoms with van der Waals surface area (Å²) in [6.45, 7) is 4.13. The first-order valence-corrected chi connectivity index (χ1v) is 13.3. The summed E-state index contributed by atoms with van der Waals surface area (Å²) in [6, 6.07) is 13.2. The van der Waals surface area contributed by atoms with Gasteiger partial charge in [0.1, 0.15) is 12.4 Å². The van der Waals surface area contributed by atoms with Crippen molar-refractivity contribution < 1.29 is 23.0 Å². The number of carbonyl (C=O) groups excluding carboxylic acids is 1. The van der Waals surface area contributed by atoms with Gasteiger partial charge in [-0.2, -0.15) is 0 Å². The lowest BCUT2D eigenvalue weighted by Crippen LogP contribution is -2.45. The van der Waals surface area contributed by atoms with Crippen LogP contribution in [0.5, 0.6) is 5.75 Å². The van der Waals surface area contributed by atoms with Gasteiger partial charge < -0.3 is 19.7 Å². The van der Waals surface area contributed by atoms with Crippen LogP contribution in [0.15, 0.2) is 60.9 Å². The van der Waals surface area contributed by atoms with Crippen molar-refractivity contribution >= 4 is 11.6 Å². The molecule has 0 radical (unpaired) electrons. The Morgan fingerprint density at radius 3 is 2.65 bits per heavy atom. The highest BCUT2D eigenvalue weighted by Crippen LogP contribution is 2.50. The standard InChI is InChI=1S/C31H32F2N4O3/c1-36-10-12-37(13-11-36)29-19-31(32,33)28-18-25(8-9-27(28)29)35-30(38)24-5-3-4-22(16-24)6-7-23-17-26(21-34-20-23)40-15-14-39-2/h3-5,8-9,16-18,20-21,29H,10-15,19H2,1-2H3,(H,35,38). The molecule has 7 nitrogen and oxygen atoms in total. The topological polar surface area (TPSA) is 66.9 Å². The van der Waals surface area contributed by atoms with Crippen LogP contribution in [-0.2, 0) is 10.7 Å². The molecule has 1 aromatic heterocycles. The quantitative estimate of drug-likeness (QED) is 0.347. The highest BCUT2D eigenvalue weighted by molar-refractivity contribution is 6.04. The summed E-state index contributed by atoms with van der Waals surface area (Å²) in [6.07, 6.45) is 3.00. The Labute approximate surface area is 233 Å². The van der Waals surface area contributed by atoms with Gasteiger partial charge in [0.05, 0.1) is 12.8 Å². The number of benzene rings is 2. The Balaban J connectivity index is 1.27. The number of likely N-dealkylation sites (N-methyl/N-ethyl adjacent to an activating group) is 1. The number of fused-ring (bicyclic) bond motifs is 1. The number of anilines is 1. The predicted octanol–water partition coefficient (Wildman–Crippen LogP) is 4.54. The predicted molar refractivity (Wildman–Crippen MR) is 149 cm³/mol. The molecule has 2 aliphatic rings. The molecule has 40 heavy (non-hydrogen) atoms. The van der Waals surface area contributed by atoms with Gasteiger partial charge >= 0.3 is 0 Å². The van der Waals surface area contributed by atoms with Gasteiger partial charge in [0.15, 0.2) is 0 Å². The number of aromatic nitrogens is 1. The molecule has 1 atom stereocenters. The van der Waals surface area contributed by atoms with Crippen molar-refractivity contribution in [3.63, 3.8) is 0 Å². The van der Waals surface area contributed by atoms with Crippen LogP contribution in [0, 0.1) is 11.8 Å². The highest BCUT2D eigenvalue weighted by atomic mass is 19.3. The van der Waals surface area contributed by atoms with Gasteiger partial charge in [0, 0.05) is 79.9 Å². The maximum absolute atomic E-state index is 15.1. The Kier molecular flexibility index (Phi) is 8.40. The van der Waals surface area contributed by atoms with Crippen molar-refractivity contribution in [2.75, 3.05) is 58.9 Å². The summed E-state index contributed by atoms with van der Waals surface area (Å²) < 4.78 is 40.7. The van der Waals surface area contributed by atoms with Crippen LogP contribution >= 0.6 is 0 Å². The first-order valence-electron chi connectivity index (χ1n) is 13.3. The molecule has 0 spiro atoms. The first-order chi connectivity index (χ1) is 19.3. The number of amides is 1. The number of nitrogens with one attached hydrogen (secondary N) is 1. The largest absolute Gasteiger partial charge is 0.490 e. The van der Waals surface area contributed by atoms with Gasteiger partial charge in [-0.1, -0.05) is 24.0 Å². The summed E-state index contributed by atoms with van der Waals surface area (Å²) >= 11 is 0. The lowest BCUT2D eigenvalue weighted by molar-refractivity contribution is -0.0257. The van der Waals surface area contributed by atoms with E-state index in [4.69, 9.17) is 9.47 Å². The van der Waals surface area contributed by atoms with E-state index in [-0.39, 0.29) is 18.0 Å². The van der Waals surface area contributed by atoms with E-state index in [9.17, 15) is 4.79 Å². The van der Waals surface area contributed by atoms with E-state index in [0.717, 1.165) is 26.2 Å². The minimum Gasteiger partial charge on any atom is -0.490 e. The molecule has 1 N–H and O–H groups in total. The van der Waals surface area contributed by atoms with Gasteiger partial charge in [-0.3, -0.25) is 14.7 Å². The van der Waals surface area contributed by atoms with Crippen molar-refractivity contribution in [2.24, 2.45) is 0 Å². The lowest BCUT2D eigenvalue weighted by Gasteiger charge is -2.36. The fourth-order valence-electron chi connectivity index (χ4n) is 5.06. The molecule has 1 unspecified atom stereocenters. The van der Waals surface area contributed by atoms with E-state index in [2.05, 4.69) is 31.9 Å². The number of methoxy groups -OCH3 is 1. The smallest absolute Gasteiger partial charge is 0.275 e. The van der Waals surface area contributed by atoms with Crippen LogP contribution in [-0.4, -0.2) is 74.2 Å². The van der Waals surface area contributed by atoms with E-state index in [1.54, 1.807) is 62.0 Å². The molecule has 0 bridgehead atoms. The van der Waals surface area contributed by atoms with Crippen molar-refractivity contribution in [2.45, 2.75) is 18.4 Å². The molecule has 1 fully saturated rings. The van der Waals surface area contributed by atoms with Gasteiger partial charge in [-0.05, 0) is 49.0 Å². The maximum Gasteiger partial charge on any atom is 0.275 e. The fourth-order valence-corrected chi connectivity index (χ4v) is 5.06. The van der Waals surface area contributed by atoms with E-state index < -0.39 is 11.8 Å². The minimum atomic E-state index is -2.94. The zero-order valence-corrected chi connectivity index (χ0v) is 22.6. The van der Waals surface area contributed by atoms with Crippen molar-refractivity contribution in [3.8, 4) is 17.6 Å². The van der Waals surface area contributed by atoms with E-state index in [1.165, 1.54) is 6.07 Å². The number of alkyl halides is 2. The maximum atomic E-state index is 15.1. The van der Waals surface area contributed by atoms with E-state index in [0.29, 0.717) is 46.9 Å². The van der Waals surface area contributed by atoms with Gasteiger partial charge in [0.25, 0.3) is 11.8 Å². The van der Waals surface area contributed by atoms with Crippen LogP contribution in [0.3, 0.4) is 0 Å². The van der Waals surface area contributed by atoms with Crippen LogP contribution in [0.1, 0.15) is 45.1 Å². The normalized spacial score (nSPS) is 18.4. The van der Waals surface area contributed by atoms with Crippen LogP contribution in [0.4, 0.5) is 14.5 Å². The average molecular weight is 547 g/mol. The number of hydrogen-bond acceptors (Lipinski definition) is 6. The summed E-state index contributed by atoms with van der Waals surface area (Å²) in [5.41, 5.74) is 2.66. The molecule has 3 aromatic rings. The number of pyridine rings is 1. The second-order valence-electron chi connectivity index (χ2n) is 10.1. The Morgan fingerprint density at radius 2 is 1.85 bits per heavy atom. The van der Waals surface area contributed by atoms with Gasteiger partial charge in [0.2, 0.25) is 0 Å². The molecule has 1 aliphatic carbocycles. The number of nitrogens with zero attached hydrogens (tertiary/aromatic N) is 3. The summed E-state index contributed by atoms with van der Waals surface area (Å²) in [4.78, 5) is 21.5. The van der Waals surface area contributed by atoms with Crippen molar-refractivity contribution in [1.29, 1.82) is 0 Å². The van der Waals surface area contributed by atoms with Crippen LogP contribution < -0.4 is 10.1 Å². The third-order valence-corrected chi connectivity index (χ3v) is 7.24. The minimum absolute atomic E-state index is 0.00381.